The Kier molecular flexibility index (Phi) is 4.89. The molecular weight excluding hydrogens is 429 g/mol. The van der Waals surface area contributed by atoms with Crippen LogP contribution in [0.25, 0.3) is 21.3 Å². The minimum atomic E-state index is -0.847. The van der Waals surface area contributed by atoms with E-state index in [2.05, 4.69) is 16.1 Å². The van der Waals surface area contributed by atoms with Crippen molar-refractivity contribution in [3.63, 3.8) is 0 Å². The number of hydrogen-bond acceptors (Lipinski definition) is 5. The lowest BCUT2D eigenvalue weighted by Crippen LogP contribution is -2.31. The molecule has 0 bridgehead atoms. The number of hydrogen-bond donors (Lipinski definition) is 0. The number of nitriles is 1. The lowest BCUT2D eigenvalue weighted by atomic mass is 10.1. The molecule has 8 nitrogen and oxygen atoms in total. The van der Waals surface area contributed by atoms with Crippen molar-refractivity contribution >= 4 is 45.7 Å². The zero-order valence-electron chi connectivity index (χ0n) is 14.8. The molecule has 4 rings (SSSR count). The third-order valence-corrected chi connectivity index (χ3v) is 5.89. The molecule has 2 fully saturated rings. The summed E-state index contributed by atoms with van der Waals surface area (Å²) in [6, 6.07) is 5.33. The molecule has 1 aromatic heterocycles. The molecule has 2 aliphatic heterocycles. The number of ether oxygens (including phenoxy) is 3. The number of fused-ring (bicyclic) bond motifs is 2. The van der Waals surface area contributed by atoms with Gasteiger partial charge >= 0.3 is 0 Å². The Balaban J connectivity index is 1.87. The number of halogens is 3. The van der Waals surface area contributed by atoms with Gasteiger partial charge < -0.3 is 18.8 Å². The number of aromatic nitrogens is 1. The number of nitrogens with zero attached hydrogens (tertiary/aromatic N) is 5. The van der Waals surface area contributed by atoms with E-state index in [9.17, 15) is 5.26 Å². The second-order valence-corrected chi connectivity index (χ2v) is 8.15. The number of rotatable bonds is 3. The second kappa shape index (κ2) is 6.97. The lowest BCUT2D eigenvalue weighted by molar-refractivity contribution is -0.194. The molecule has 0 saturated carbocycles. The molecule has 28 heavy (non-hydrogen) atoms. The quantitative estimate of drug-likeness (QED) is 0.370. The summed E-state index contributed by atoms with van der Waals surface area (Å²) in [5.74, 6) is -0.847. The average Bonchev–Trinajstić information content (AvgIpc) is 3.20. The highest BCUT2D eigenvalue weighted by Gasteiger charge is 2.56. The maximum Gasteiger partial charge on any atom is 0.164 e. The van der Waals surface area contributed by atoms with Crippen molar-refractivity contribution < 1.29 is 14.2 Å². The van der Waals surface area contributed by atoms with Crippen LogP contribution < -0.4 is 0 Å². The van der Waals surface area contributed by atoms with Crippen LogP contribution in [0.1, 0.15) is 25.6 Å². The highest BCUT2D eigenvalue weighted by Crippen LogP contribution is 2.47. The molecule has 2 saturated heterocycles. The Morgan fingerprint density at radius 3 is 2.61 bits per heavy atom. The summed E-state index contributed by atoms with van der Waals surface area (Å²) in [5, 5.41) is 14.6. The maximum absolute atomic E-state index is 9.60. The Hall–Kier alpha value is -1.69. The standard InChI is InChI=1S/C17H14Cl3N5O3/c1-17(2)27-13-12(6-23-24-22)26-16(14(13)28-17)25-11-4-10(19)9(18)3-7(11)8(5-21)15(25)20/h3-4,12-14,16H,6H2,1-2H3/t12-,13?,14?,16-/m1/s1. The Morgan fingerprint density at radius 1 is 1.25 bits per heavy atom. The maximum atomic E-state index is 9.60. The van der Waals surface area contributed by atoms with E-state index in [-0.39, 0.29) is 17.3 Å². The monoisotopic (exact) mass is 441 g/mol. The van der Waals surface area contributed by atoms with E-state index in [4.69, 9.17) is 54.5 Å². The third kappa shape index (κ3) is 3.00. The average molecular weight is 443 g/mol. The molecule has 0 aliphatic carbocycles. The van der Waals surface area contributed by atoms with Crippen molar-refractivity contribution in [2.45, 2.75) is 44.2 Å². The van der Waals surface area contributed by atoms with E-state index in [1.165, 1.54) is 0 Å². The van der Waals surface area contributed by atoms with Crippen molar-refractivity contribution in [3.05, 3.63) is 43.3 Å². The van der Waals surface area contributed by atoms with Gasteiger partial charge in [-0.2, -0.15) is 5.26 Å². The summed E-state index contributed by atoms with van der Waals surface area (Å²) >= 11 is 18.9. The first-order valence-electron chi connectivity index (χ1n) is 8.38. The molecular formula is C17H14Cl3N5O3. The van der Waals surface area contributed by atoms with Crippen LogP contribution in [0.5, 0.6) is 0 Å². The van der Waals surface area contributed by atoms with Gasteiger partial charge in [-0.1, -0.05) is 39.9 Å². The van der Waals surface area contributed by atoms with Gasteiger partial charge in [-0.15, -0.1) is 0 Å². The smallest absolute Gasteiger partial charge is 0.164 e. The van der Waals surface area contributed by atoms with Crippen molar-refractivity contribution in [2.24, 2.45) is 5.11 Å². The molecule has 0 N–H and O–H groups in total. The Bertz CT molecular complexity index is 1060. The van der Waals surface area contributed by atoms with Gasteiger partial charge in [0.2, 0.25) is 0 Å². The van der Waals surface area contributed by atoms with Gasteiger partial charge in [0.25, 0.3) is 0 Å². The van der Waals surface area contributed by atoms with Crippen LogP contribution in [0, 0.1) is 11.3 Å². The molecule has 0 radical (unpaired) electrons. The molecule has 3 heterocycles. The zero-order chi connectivity index (χ0) is 20.2. The molecule has 0 spiro atoms. The third-order valence-electron chi connectivity index (χ3n) is 4.80. The van der Waals surface area contributed by atoms with E-state index >= 15 is 0 Å². The fourth-order valence-electron chi connectivity index (χ4n) is 3.76. The van der Waals surface area contributed by atoms with Crippen LogP contribution in [0.4, 0.5) is 0 Å². The fourth-order valence-corrected chi connectivity index (χ4v) is 4.41. The summed E-state index contributed by atoms with van der Waals surface area (Å²) in [5.41, 5.74) is 9.51. The summed E-state index contributed by atoms with van der Waals surface area (Å²) < 4.78 is 19.8. The normalized spacial score (nSPS) is 28.1. The highest BCUT2D eigenvalue weighted by atomic mass is 35.5. The van der Waals surface area contributed by atoms with E-state index in [0.717, 1.165) is 0 Å². The molecule has 0 amide bonds. The molecule has 1 aromatic carbocycles. The van der Waals surface area contributed by atoms with Crippen LogP contribution in [0.15, 0.2) is 17.2 Å². The van der Waals surface area contributed by atoms with E-state index in [1.807, 2.05) is 0 Å². The summed E-state index contributed by atoms with van der Waals surface area (Å²) in [6.45, 7) is 3.65. The van der Waals surface area contributed by atoms with Crippen LogP contribution >= 0.6 is 34.8 Å². The van der Waals surface area contributed by atoms with Crippen LogP contribution in [0.3, 0.4) is 0 Å². The van der Waals surface area contributed by atoms with Gasteiger partial charge in [-0.25, -0.2) is 0 Å². The minimum absolute atomic E-state index is 0.0715. The first-order chi connectivity index (χ1) is 13.3. The summed E-state index contributed by atoms with van der Waals surface area (Å²) in [7, 11) is 0. The van der Waals surface area contributed by atoms with Crippen LogP contribution in [-0.4, -0.2) is 35.2 Å². The molecule has 2 aromatic rings. The minimum Gasteiger partial charge on any atom is -0.349 e. The molecule has 146 valence electrons. The van der Waals surface area contributed by atoms with E-state index in [0.29, 0.717) is 20.9 Å². The van der Waals surface area contributed by atoms with E-state index < -0.39 is 30.3 Å². The fraction of sp³-hybridized carbons (Fsp3) is 0.471. The van der Waals surface area contributed by atoms with Gasteiger partial charge in [-0.05, 0) is 31.5 Å². The van der Waals surface area contributed by atoms with Crippen LogP contribution in [0.2, 0.25) is 15.2 Å². The number of azide groups is 1. The van der Waals surface area contributed by atoms with Crippen molar-refractivity contribution in [2.75, 3.05) is 6.54 Å². The zero-order valence-corrected chi connectivity index (χ0v) is 17.0. The summed E-state index contributed by atoms with van der Waals surface area (Å²) in [6.07, 6.45) is -2.23. The first kappa shape index (κ1) is 19.6. The van der Waals surface area contributed by atoms with Crippen molar-refractivity contribution in [1.29, 1.82) is 5.26 Å². The van der Waals surface area contributed by atoms with Gasteiger partial charge in [0.05, 0.1) is 33.8 Å². The first-order valence-corrected chi connectivity index (χ1v) is 9.51. The Labute approximate surface area is 175 Å². The summed E-state index contributed by atoms with van der Waals surface area (Å²) in [4.78, 5) is 2.79. The van der Waals surface area contributed by atoms with Crippen molar-refractivity contribution in [1.82, 2.24) is 4.57 Å². The topological polar surface area (TPSA) is 105 Å². The van der Waals surface area contributed by atoms with Gasteiger partial charge in [0.15, 0.2) is 12.0 Å². The largest absolute Gasteiger partial charge is 0.349 e. The Morgan fingerprint density at radius 2 is 1.93 bits per heavy atom. The lowest BCUT2D eigenvalue weighted by Gasteiger charge is -2.25. The van der Waals surface area contributed by atoms with Gasteiger partial charge in [0, 0.05) is 10.3 Å². The predicted octanol–water partition coefficient (Wildman–Crippen LogP) is 5.20. The SMILES string of the molecule is CC1(C)OC2C(O1)[C@@H](CN=[N+]=[N-])O[C@H]2n1c(Cl)c(C#N)c2cc(Cl)c(Cl)cc21. The van der Waals surface area contributed by atoms with Gasteiger partial charge in [-0.3, -0.25) is 0 Å². The van der Waals surface area contributed by atoms with Crippen molar-refractivity contribution in [3.8, 4) is 6.07 Å². The number of benzene rings is 1. The predicted molar refractivity (Wildman–Crippen MR) is 103 cm³/mol. The molecule has 4 atom stereocenters. The van der Waals surface area contributed by atoms with E-state index in [1.54, 1.807) is 30.5 Å². The molecule has 2 unspecified atom stereocenters. The second-order valence-electron chi connectivity index (χ2n) is 6.97. The molecule has 11 heteroatoms. The molecule has 2 aliphatic rings. The van der Waals surface area contributed by atoms with Gasteiger partial charge in [0.1, 0.15) is 23.4 Å². The highest BCUT2D eigenvalue weighted by molar-refractivity contribution is 6.43. The van der Waals surface area contributed by atoms with Crippen LogP contribution in [-0.2, 0) is 14.2 Å².